The summed E-state index contributed by atoms with van der Waals surface area (Å²) < 4.78 is 14.3. The van der Waals surface area contributed by atoms with E-state index in [9.17, 15) is 23.9 Å². The van der Waals surface area contributed by atoms with E-state index in [1.54, 1.807) is 45.0 Å². The number of halogens is 1. The fraction of sp³-hybridized carbons (Fsp3) is 0.238. The Hall–Kier alpha value is -3.55. The molecule has 150 valence electrons. The third-order valence-electron chi connectivity index (χ3n) is 4.91. The van der Waals surface area contributed by atoms with Crippen LogP contribution in [0.4, 0.5) is 4.39 Å². The summed E-state index contributed by atoms with van der Waals surface area (Å²) in [5, 5.41) is 21.5. The van der Waals surface area contributed by atoms with Gasteiger partial charge in [-0.2, -0.15) is 4.39 Å². The topological polar surface area (TPSA) is 117 Å². The van der Waals surface area contributed by atoms with Gasteiger partial charge in [-0.25, -0.2) is 4.98 Å². The normalized spacial score (nSPS) is 15.1. The molecule has 3 N–H and O–H groups in total. The monoisotopic (exact) mass is 398 g/mol. The van der Waals surface area contributed by atoms with Gasteiger partial charge in [-0.3, -0.25) is 14.4 Å². The van der Waals surface area contributed by atoms with E-state index < -0.39 is 46.9 Å². The predicted octanol–water partition coefficient (Wildman–Crippen LogP) is 2.53. The third kappa shape index (κ3) is 3.49. The summed E-state index contributed by atoms with van der Waals surface area (Å²) in [6.45, 7) is 4.15. The number of carboxylic acids is 1. The molecule has 1 aliphatic rings. The maximum absolute atomic E-state index is 14.3. The summed E-state index contributed by atoms with van der Waals surface area (Å²) in [6.07, 6.45) is 0. The number of Topliss-reactive ketones (excluding diaryl/α,β-unsaturated/α-hetero) is 1. The zero-order valence-corrected chi connectivity index (χ0v) is 16.0. The smallest absolute Gasteiger partial charge is 0.322 e. The lowest BCUT2D eigenvalue weighted by molar-refractivity contribution is -0.138. The first-order valence-corrected chi connectivity index (χ1v) is 8.80. The molecule has 2 aromatic rings. The molecule has 1 amide bonds. The number of hydrogen-bond donors (Lipinski definition) is 3. The van der Waals surface area contributed by atoms with E-state index >= 15 is 0 Å². The van der Waals surface area contributed by atoms with Crippen LogP contribution in [0.25, 0.3) is 16.9 Å². The molecule has 1 aliphatic carbocycles. The van der Waals surface area contributed by atoms with Crippen molar-refractivity contribution in [2.45, 2.75) is 26.2 Å². The molecule has 1 heterocycles. The number of aliphatic carboxylic acids is 1. The summed E-state index contributed by atoms with van der Waals surface area (Å²) in [4.78, 5) is 39.7. The number of aliphatic hydroxyl groups is 1. The Morgan fingerprint density at radius 3 is 2.48 bits per heavy atom. The summed E-state index contributed by atoms with van der Waals surface area (Å²) in [5.41, 5.74) is 0.125. The van der Waals surface area contributed by atoms with E-state index in [0.29, 0.717) is 16.8 Å². The van der Waals surface area contributed by atoms with E-state index in [2.05, 4.69) is 10.3 Å². The van der Waals surface area contributed by atoms with Crippen molar-refractivity contribution in [3.05, 3.63) is 58.7 Å². The van der Waals surface area contributed by atoms with E-state index in [1.165, 1.54) is 6.07 Å². The molecule has 0 fully saturated rings. The Kier molecular flexibility index (Phi) is 4.96. The lowest BCUT2D eigenvalue weighted by Crippen LogP contribution is -2.42. The van der Waals surface area contributed by atoms with Crippen LogP contribution in [0.3, 0.4) is 0 Å². The molecule has 1 aromatic carbocycles. The highest BCUT2D eigenvalue weighted by Gasteiger charge is 2.43. The molecule has 0 bridgehead atoms. The number of carbonyl (C=O) groups excluding carboxylic acids is 2. The standard InChI is InChI=1S/C21H19FN2O5/c1-10-4-6-12(19(22)24-10)11-5-7-14-13(8-11)17(27)16(18(28)21(14,2)3)20(29)23-9-15(25)26/h4-8,27H,9H2,1-3H3,(H,23,29)(H,25,26). The lowest BCUT2D eigenvalue weighted by atomic mass is 9.70. The number of nitrogens with one attached hydrogen (secondary N) is 1. The van der Waals surface area contributed by atoms with Crippen LogP contribution >= 0.6 is 0 Å². The van der Waals surface area contributed by atoms with E-state index in [4.69, 9.17) is 5.11 Å². The number of hydrogen-bond acceptors (Lipinski definition) is 5. The van der Waals surface area contributed by atoms with Crippen molar-refractivity contribution in [1.29, 1.82) is 0 Å². The van der Waals surface area contributed by atoms with Crippen LogP contribution in [0.1, 0.15) is 30.7 Å². The van der Waals surface area contributed by atoms with Crippen LogP contribution in [-0.2, 0) is 19.8 Å². The van der Waals surface area contributed by atoms with Gasteiger partial charge >= 0.3 is 5.97 Å². The maximum atomic E-state index is 14.3. The molecule has 0 atom stereocenters. The van der Waals surface area contributed by atoms with Crippen LogP contribution in [0.5, 0.6) is 0 Å². The second-order valence-electron chi connectivity index (χ2n) is 7.31. The summed E-state index contributed by atoms with van der Waals surface area (Å²) in [6, 6.07) is 7.90. The highest BCUT2D eigenvalue weighted by atomic mass is 19.1. The SMILES string of the molecule is Cc1ccc(-c2ccc3c(c2)C(O)=C(C(=O)NCC(=O)O)C(=O)C3(C)C)c(F)n1. The largest absolute Gasteiger partial charge is 0.506 e. The quantitative estimate of drug-likeness (QED) is 0.538. The van der Waals surface area contributed by atoms with Gasteiger partial charge in [0.05, 0.1) is 5.41 Å². The average molecular weight is 398 g/mol. The fourth-order valence-corrected chi connectivity index (χ4v) is 3.33. The number of aliphatic hydroxyl groups excluding tert-OH is 1. The summed E-state index contributed by atoms with van der Waals surface area (Å²) in [5.74, 6) is -4.16. The summed E-state index contributed by atoms with van der Waals surface area (Å²) in [7, 11) is 0. The van der Waals surface area contributed by atoms with Gasteiger partial charge in [0.1, 0.15) is 17.9 Å². The molecule has 3 rings (SSSR count). The highest BCUT2D eigenvalue weighted by Crippen LogP contribution is 2.41. The Morgan fingerprint density at radius 1 is 1.17 bits per heavy atom. The zero-order chi connectivity index (χ0) is 21.5. The van der Waals surface area contributed by atoms with Crippen LogP contribution in [-0.4, -0.2) is 39.4 Å². The Labute approximate surface area is 165 Å². The van der Waals surface area contributed by atoms with Crippen LogP contribution in [0.2, 0.25) is 0 Å². The molecule has 0 unspecified atom stereocenters. The highest BCUT2D eigenvalue weighted by molar-refractivity contribution is 6.28. The molecular formula is C21H19FN2O5. The van der Waals surface area contributed by atoms with Gasteiger partial charge in [0.2, 0.25) is 5.95 Å². The van der Waals surface area contributed by atoms with Gasteiger partial charge in [0.25, 0.3) is 5.91 Å². The molecular weight excluding hydrogens is 379 g/mol. The van der Waals surface area contributed by atoms with Gasteiger partial charge in [-0.1, -0.05) is 12.1 Å². The number of amides is 1. The number of aromatic nitrogens is 1. The first-order chi connectivity index (χ1) is 13.5. The van der Waals surface area contributed by atoms with Crippen molar-refractivity contribution in [1.82, 2.24) is 10.3 Å². The number of carboxylic acid groups (broad SMARTS) is 1. The number of rotatable bonds is 4. The number of pyridine rings is 1. The Balaban J connectivity index is 2.16. The molecule has 8 heteroatoms. The number of fused-ring (bicyclic) bond motifs is 1. The van der Waals surface area contributed by atoms with Crippen molar-refractivity contribution < 1.29 is 29.0 Å². The van der Waals surface area contributed by atoms with Gasteiger partial charge in [-0.05, 0) is 50.1 Å². The van der Waals surface area contributed by atoms with E-state index in [0.717, 1.165) is 0 Å². The second kappa shape index (κ2) is 7.12. The molecule has 0 spiro atoms. The number of aryl methyl sites for hydroxylation is 1. The molecule has 0 radical (unpaired) electrons. The average Bonchev–Trinajstić information content (AvgIpc) is 2.65. The number of carbonyl (C=O) groups is 3. The van der Waals surface area contributed by atoms with Crippen molar-refractivity contribution in [2.24, 2.45) is 0 Å². The van der Waals surface area contributed by atoms with Gasteiger partial charge in [0, 0.05) is 16.8 Å². The van der Waals surface area contributed by atoms with Crippen LogP contribution in [0, 0.1) is 12.9 Å². The third-order valence-corrected chi connectivity index (χ3v) is 4.91. The molecule has 0 aliphatic heterocycles. The van der Waals surface area contributed by atoms with Gasteiger partial charge < -0.3 is 15.5 Å². The van der Waals surface area contributed by atoms with Gasteiger partial charge in [-0.15, -0.1) is 0 Å². The van der Waals surface area contributed by atoms with E-state index in [1.807, 2.05) is 0 Å². The minimum Gasteiger partial charge on any atom is -0.506 e. The van der Waals surface area contributed by atoms with Crippen molar-refractivity contribution in [2.75, 3.05) is 6.54 Å². The lowest BCUT2D eigenvalue weighted by Gasteiger charge is -2.32. The van der Waals surface area contributed by atoms with Crippen molar-refractivity contribution >= 4 is 23.4 Å². The molecule has 7 nitrogen and oxygen atoms in total. The minimum atomic E-state index is -1.29. The number of ketones is 1. The molecule has 29 heavy (non-hydrogen) atoms. The molecule has 0 saturated carbocycles. The molecule has 0 saturated heterocycles. The predicted molar refractivity (Wildman–Crippen MR) is 103 cm³/mol. The maximum Gasteiger partial charge on any atom is 0.322 e. The minimum absolute atomic E-state index is 0.201. The Morgan fingerprint density at radius 2 is 1.86 bits per heavy atom. The number of nitrogens with zero attached hydrogens (tertiary/aromatic N) is 1. The van der Waals surface area contributed by atoms with E-state index in [-0.39, 0.29) is 11.1 Å². The summed E-state index contributed by atoms with van der Waals surface area (Å²) >= 11 is 0. The molecule has 1 aromatic heterocycles. The van der Waals surface area contributed by atoms with Gasteiger partial charge in [0.15, 0.2) is 5.78 Å². The number of benzene rings is 1. The van der Waals surface area contributed by atoms with Crippen LogP contribution < -0.4 is 5.32 Å². The second-order valence-corrected chi connectivity index (χ2v) is 7.31. The first-order valence-electron chi connectivity index (χ1n) is 8.80. The van der Waals surface area contributed by atoms with Crippen molar-refractivity contribution in [3.8, 4) is 11.1 Å². The first kappa shape index (κ1) is 20.2. The van der Waals surface area contributed by atoms with Crippen molar-refractivity contribution in [3.63, 3.8) is 0 Å². The zero-order valence-electron chi connectivity index (χ0n) is 16.0. The van der Waals surface area contributed by atoms with Crippen LogP contribution in [0.15, 0.2) is 35.9 Å². The fourth-order valence-electron chi connectivity index (χ4n) is 3.33. The Bertz CT molecular complexity index is 1090.